The third-order valence-corrected chi connectivity index (χ3v) is 4.93. The zero-order valence-electron chi connectivity index (χ0n) is 13.4. The summed E-state index contributed by atoms with van der Waals surface area (Å²) in [7, 11) is 0. The molecule has 23 heavy (non-hydrogen) atoms. The number of para-hydroxylation sites is 1. The minimum atomic E-state index is -0.648. The van der Waals surface area contributed by atoms with Crippen molar-refractivity contribution in [2.45, 2.75) is 38.3 Å². The van der Waals surface area contributed by atoms with Crippen molar-refractivity contribution < 1.29 is 0 Å². The Labute approximate surface area is 137 Å². The Hall–Kier alpha value is -2.56. The molecule has 2 aliphatic rings. The second-order valence-corrected chi connectivity index (χ2v) is 6.33. The van der Waals surface area contributed by atoms with E-state index in [4.69, 9.17) is 5.41 Å². The molecule has 3 rings (SSSR count). The lowest BCUT2D eigenvalue weighted by atomic mass is 9.73. The summed E-state index contributed by atoms with van der Waals surface area (Å²) in [6.07, 6.45) is 10.9. The number of hydrogen-bond acceptors (Lipinski definition) is 3. The molecule has 1 aliphatic heterocycles. The molecule has 0 aromatic heterocycles. The highest BCUT2D eigenvalue weighted by molar-refractivity contribution is 5.66. The molecule has 0 radical (unpaired) electrons. The van der Waals surface area contributed by atoms with Gasteiger partial charge in [0.2, 0.25) is 0 Å². The normalized spacial score (nSPS) is 29.9. The Kier molecular flexibility index (Phi) is 4.19. The minimum absolute atomic E-state index is 0.110. The number of nitriles is 1. The highest BCUT2D eigenvalue weighted by Crippen LogP contribution is 2.41. The van der Waals surface area contributed by atoms with E-state index in [1.165, 1.54) is 5.69 Å². The van der Waals surface area contributed by atoms with E-state index < -0.39 is 5.41 Å². The summed E-state index contributed by atoms with van der Waals surface area (Å²) in [5.41, 5.74) is 1.24. The Morgan fingerprint density at radius 2 is 1.87 bits per heavy atom. The molecule has 1 fully saturated rings. The molecule has 2 unspecified atom stereocenters. The van der Waals surface area contributed by atoms with Gasteiger partial charge < -0.3 is 4.90 Å². The van der Waals surface area contributed by atoms with Crippen LogP contribution in [0, 0.1) is 22.2 Å². The number of nitrogens with zero attached hydrogens (tertiary/aromatic N) is 2. The molecule has 1 saturated heterocycles. The molecule has 1 aromatic rings. The summed E-state index contributed by atoms with van der Waals surface area (Å²) >= 11 is 0. The predicted molar refractivity (Wildman–Crippen MR) is 93.6 cm³/mol. The van der Waals surface area contributed by atoms with Crippen LogP contribution in [0.25, 0.3) is 0 Å². The van der Waals surface area contributed by atoms with Crippen LogP contribution in [0.4, 0.5) is 5.69 Å². The minimum Gasteiger partial charge on any atom is -0.364 e. The average molecular weight is 303 g/mol. The van der Waals surface area contributed by atoms with Crippen molar-refractivity contribution in [2.75, 3.05) is 4.90 Å². The second-order valence-electron chi connectivity index (χ2n) is 6.33. The van der Waals surface area contributed by atoms with Crippen molar-refractivity contribution in [3.05, 3.63) is 60.2 Å². The maximum atomic E-state index is 9.95. The van der Waals surface area contributed by atoms with E-state index in [0.717, 1.165) is 19.3 Å². The average Bonchev–Trinajstić information content (AvgIpc) is 2.62. The SMILES string of the molecule is CC1CCCC(C2(C#N)C=CC(=C=N)C=C2)N1c1ccccc1. The molecule has 2 atom stereocenters. The number of rotatable bonds is 2. The van der Waals surface area contributed by atoms with Crippen LogP contribution in [0.15, 0.2) is 60.2 Å². The van der Waals surface area contributed by atoms with Crippen LogP contribution in [0.2, 0.25) is 0 Å². The van der Waals surface area contributed by atoms with Gasteiger partial charge in [-0.3, -0.25) is 5.41 Å². The number of anilines is 1. The van der Waals surface area contributed by atoms with E-state index in [0.29, 0.717) is 11.6 Å². The Balaban J connectivity index is 2.03. The quantitative estimate of drug-likeness (QED) is 0.831. The topological polar surface area (TPSA) is 50.9 Å². The number of allylic oxidation sites excluding steroid dienone is 3. The fraction of sp³-hybridized carbons (Fsp3) is 0.350. The van der Waals surface area contributed by atoms with Crippen molar-refractivity contribution in [3.8, 4) is 6.07 Å². The molecular weight excluding hydrogens is 282 g/mol. The summed E-state index contributed by atoms with van der Waals surface area (Å²) in [6.45, 7) is 2.24. The maximum absolute atomic E-state index is 9.95. The molecule has 116 valence electrons. The van der Waals surface area contributed by atoms with E-state index in [2.05, 4.69) is 48.0 Å². The lowest BCUT2D eigenvalue weighted by Gasteiger charge is -2.48. The van der Waals surface area contributed by atoms with Crippen molar-refractivity contribution in [3.63, 3.8) is 0 Å². The Morgan fingerprint density at radius 3 is 2.48 bits per heavy atom. The van der Waals surface area contributed by atoms with Crippen LogP contribution in [0.3, 0.4) is 0 Å². The van der Waals surface area contributed by atoms with Gasteiger partial charge in [-0.2, -0.15) is 5.26 Å². The first kappa shape index (κ1) is 15.3. The van der Waals surface area contributed by atoms with Gasteiger partial charge in [0.1, 0.15) is 5.41 Å². The molecule has 0 bridgehead atoms. The molecule has 1 aliphatic carbocycles. The van der Waals surface area contributed by atoms with Crippen molar-refractivity contribution in [2.24, 2.45) is 5.41 Å². The molecule has 0 spiro atoms. The predicted octanol–water partition coefficient (Wildman–Crippen LogP) is 4.24. The molecule has 1 aromatic carbocycles. The zero-order valence-corrected chi connectivity index (χ0v) is 13.4. The van der Waals surface area contributed by atoms with E-state index in [1.807, 2.05) is 30.4 Å². The van der Waals surface area contributed by atoms with Gasteiger partial charge in [0.05, 0.1) is 12.1 Å². The first-order valence-corrected chi connectivity index (χ1v) is 8.13. The van der Waals surface area contributed by atoms with Crippen LogP contribution in [0.1, 0.15) is 26.2 Å². The van der Waals surface area contributed by atoms with Crippen molar-refractivity contribution >= 4 is 11.6 Å². The highest BCUT2D eigenvalue weighted by atomic mass is 15.2. The highest BCUT2D eigenvalue weighted by Gasteiger charge is 2.43. The van der Waals surface area contributed by atoms with E-state index >= 15 is 0 Å². The van der Waals surface area contributed by atoms with Gasteiger partial charge in [-0.25, -0.2) is 0 Å². The zero-order chi connectivity index (χ0) is 16.3. The fourth-order valence-electron chi connectivity index (χ4n) is 3.72. The van der Waals surface area contributed by atoms with Gasteiger partial charge in [-0.15, -0.1) is 0 Å². The second kappa shape index (κ2) is 6.28. The van der Waals surface area contributed by atoms with E-state index in [-0.39, 0.29) is 6.04 Å². The van der Waals surface area contributed by atoms with Crippen LogP contribution in [0.5, 0.6) is 0 Å². The molecule has 3 heteroatoms. The van der Waals surface area contributed by atoms with Crippen LogP contribution in [-0.2, 0) is 0 Å². The maximum Gasteiger partial charge on any atom is 0.114 e. The number of nitrogens with one attached hydrogen (secondary N) is 1. The van der Waals surface area contributed by atoms with Gasteiger partial charge in [0.15, 0.2) is 0 Å². The molecule has 1 heterocycles. The van der Waals surface area contributed by atoms with Gasteiger partial charge in [0, 0.05) is 17.3 Å². The molecule has 0 amide bonds. The number of piperidine rings is 1. The summed E-state index contributed by atoms with van der Waals surface area (Å²) in [5.74, 6) is 2.39. The van der Waals surface area contributed by atoms with Crippen LogP contribution >= 0.6 is 0 Å². The van der Waals surface area contributed by atoms with Gasteiger partial charge in [-0.1, -0.05) is 30.4 Å². The summed E-state index contributed by atoms with van der Waals surface area (Å²) in [4.78, 5) is 2.40. The standard InChI is InChI=1S/C20H21N3/c1-16-6-5-9-19(23(16)18-7-3-2-4-8-18)20(15-22)12-10-17(14-21)11-13-20/h2-4,7-8,10-13,16,19,21H,5-6,9H2,1H3. The molecule has 1 N–H and O–H groups in total. The summed E-state index contributed by atoms with van der Waals surface area (Å²) < 4.78 is 0. The van der Waals surface area contributed by atoms with Crippen LogP contribution in [-0.4, -0.2) is 18.0 Å². The third kappa shape index (κ3) is 2.74. The van der Waals surface area contributed by atoms with Crippen molar-refractivity contribution in [1.82, 2.24) is 0 Å². The smallest absolute Gasteiger partial charge is 0.114 e. The third-order valence-electron chi connectivity index (χ3n) is 4.93. The van der Waals surface area contributed by atoms with Gasteiger partial charge in [0.25, 0.3) is 0 Å². The largest absolute Gasteiger partial charge is 0.364 e. The fourth-order valence-corrected chi connectivity index (χ4v) is 3.72. The number of hydrogen-bond donors (Lipinski definition) is 1. The molecular formula is C20H21N3. The van der Waals surface area contributed by atoms with E-state index in [9.17, 15) is 5.26 Å². The van der Waals surface area contributed by atoms with Crippen molar-refractivity contribution in [1.29, 1.82) is 10.7 Å². The first-order valence-electron chi connectivity index (χ1n) is 8.13. The Bertz CT molecular complexity index is 701. The lowest BCUT2D eigenvalue weighted by molar-refractivity contribution is 0.325. The Morgan fingerprint density at radius 1 is 1.17 bits per heavy atom. The molecule has 0 saturated carbocycles. The molecule has 3 nitrogen and oxygen atoms in total. The monoisotopic (exact) mass is 303 g/mol. The summed E-state index contributed by atoms with van der Waals surface area (Å²) in [5, 5.41) is 17.2. The van der Waals surface area contributed by atoms with E-state index in [1.54, 1.807) is 0 Å². The lowest BCUT2D eigenvalue weighted by Crippen LogP contribution is -2.53. The number of benzene rings is 1. The van der Waals surface area contributed by atoms with Gasteiger partial charge >= 0.3 is 0 Å². The van der Waals surface area contributed by atoms with Crippen LogP contribution < -0.4 is 4.90 Å². The summed E-state index contributed by atoms with van der Waals surface area (Å²) in [6, 6.07) is 13.4. The first-order chi connectivity index (χ1) is 11.2. The van der Waals surface area contributed by atoms with Gasteiger partial charge in [-0.05, 0) is 56.3 Å².